The van der Waals surface area contributed by atoms with Gasteiger partial charge in [0.25, 0.3) is 0 Å². The lowest BCUT2D eigenvalue weighted by molar-refractivity contribution is -0.148. The Morgan fingerprint density at radius 3 is 2.32 bits per heavy atom. The molecule has 0 bridgehead atoms. The fourth-order valence-electron chi connectivity index (χ4n) is 2.24. The summed E-state index contributed by atoms with van der Waals surface area (Å²) < 4.78 is 16.1. The molecule has 1 aliphatic rings. The second kappa shape index (κ2) is 5.95. The van der Waals surface area contributed by atoms with Crippen molar-refractivity contribution < 1.29 is 19.0 Å². The summed E-state index contributed by atoms with van der Waals surface area (Å²) in [6.45, 7) is 2.59. The number of methoxy groups -OCH3 is 1. The molecule has 0 aromatic heterocycles. The lowest BCUT2D eigenvalue weighted by atomic mass is 9.77. The van der Waals surface area contributed by atoms with Crippen LogP contribution in [0.15, 0.2) is 24.3 Å². The van der Waals surface area contributed by atoms with E-state index in [-0.39, 0.29) is 11.6 Å². The van der Waals surface area contributed by atoms with Crippen molar-refractivity contribution in [3.05, 3.63) is 24.3 Å². The molecular formula is C15H20O4. The molecule has 0 aliphatic heterocycles. The van der Waals surface area contributed by atoms with Gasteiger partial charge in [-0.1, -0.05) is 0 Å². The third-order valence-electron chi connectivity index (χ3n) is 3.43. The summed E-state index contributed by atoms with van der Waals surface area (Å²) >= 11 is 0. The van der Waals surface area contributed by atoms with E-state index in [1.54, 1.807) is 0 Å². The molecule has 0 heterocycles. The molecule has 2 rings (SSSR count). The van der Waals surface area contributed by atoms with Crippen LogP contribution in [0.5, 0.6) is 11.5 Å². The van der Waals surface area contributed by atoms with Gasteiger partial charge in [0.15, 0.2) is 0 Å². The zero-order valence-electron chi connectivity index (χ0n) is 11.5. The number of hydrogen-bond donors (Lipinski definition) is 0. The molecule has 0 spiro atoms. The van der Waals surface area contributed by atoms with Gasteiger partial charge in [0.2, 0.25) is 0 Å². The van der Waals surface area contributed by atoms with E-state index in [1.807, 2.05) is 31.2 Å². The van der Waals surface area contributed by atoms with Gasteiger partial charge < -0.3 is 14.2 Å². The maximum absolute atomic E-state index is 11.4. The Labute approximate surface area is 113 Å². The van der Waals surface area contributed by atoms with E-state index in [2.05, 4.69) is 0 Å². The highest BCUT2D eigenvalue weighted by molar-refractivity contribution is 5.70. The van der Waals surface area contributed by atoms with E-state index < -0.39 is 0 Å². The number of rotatable bonds is 6. The minimum absolute atomic E-state index is 0.217. The van der Waals surface area contributed by atoms with Gasteiger partial charge in [0, 0.05) is 0 Å². The van der Waals surface area contributed by atoms with Crippen molar-refractivity contribution in [2.75, 3.05) is 13.7 Å². The van der Waals surface area contributed by atoms with E-state index in [4.69, 9.17) is 14.2 Å². The van der Waals surface area contributed by atoms with Crippen molar-refractivity contribution in [1.29, 1.82) is 0 Å². The van der Waals surface area contributed by atoms with E-state index in [0.29, 0.717) is 13.0 Å². The van der Waals surface area contributed by atoms with Crippen LogP contribution in [0.2, 0.25) is 0 Å². The van der Waals surface area contributed by atoms with Gasteiger partial charge in [-0.2, -0.15) is 0 Å². The number of ether oxygens (including phenoxy) is 3. The van der Waals surface area contributed by atoms with Crippen LogP contribution in [0, 0.1) is 0 Å². The molecule has 104 valence electrons. The molecule has 1 fully saturated rings. The van der Waals surface area contributed by atoms with Crippen molar-refractivity contribution in [3.63, 3.8) is 0 Å². The van der Waals surface area contributed by atoms with Crippen LogP contribution in [-0.2, 0) is 9.53 Å². The Balaban J connectivity index is 1.99. The summed E-state index contributed by atoms with van der Waals surface area (Å²) in [7, 11) is 1.41. The second-order valence-corrected chi connectivity index (χ2v) is 4.80. The molecule has 4 heteroatoms. The molecule has 1 aromatic carbocycles. The lowest BCUT2D eigenvalue weighted by Crippen LogP contribution is -2.45. The molecule has 19 heavy (non-hydrogen) atoms. The predicted molar refractivity (Wildman–Crippen MR) is 71.5 cm³/mol. The van der Waals surface area contributed by atoms with Gasteiger partial charge in [-0.05, 0) is 50.5 Å². The van der Waals surface area contributed by atoms with Gasteiger partial charge in [0.1, 0.15) is 17.1 Å². The SMILES string of the molecule is CCOc1ccc(OC2(CC(=O)OC)CCC2)cc1. The summed E-state index contributed by atoms with van der Waals surface area (Å²) in [5.41, 5.74) is -0.375. The lowest BCUT2D eigenvalue weighted by Gasteiger charge is -2.41. The highest BCUT2D eigenvalue weighted by Gasteiger charge is 2.41. The Morgan fingerprint density at radius 1 is 1.21 bits per heavy atom. The van der Waals surface area contributed by atoms with E-state index in [1.165, 1.54) is 7.11 Å². The molecule has 0 amide bonds. The molecule has 4 nitrogen and oxygen atoms in total. The van der Waals surface area contributed by atoms with E-state index in [0.717, 1.165) is 30.8 Å². The van der Waals surface area contributed by atoms with Crippen LogP contribution >= 0.6 is 0 Å². The zero-order chi connectivity index (χ0) is 13.7. The topological polar surface area (TPSA) is 44.8 Å². The number of hydrogen-bond acceptors (Lipinski definition) is 4. The smallest absolute Gasteiger partial charge is 0.309 e. The molecule has 0 radical (unpaired) electrons. The number of carbonyl (C=O) groups is 1. The van der Waals surface area contributed by atoms with Crippen molar-refractivity contribution in [3.8, 4) is 11.5 Å². The fourth-order valence-corrected chi connectivity index (χ4v) is 2.24. The van der Waals surface area contributed by atoms with Crippen LogP contribution in [0.1, 0.15) is 32.6 Å². The van der Waals surface area contributed by atoms with Crippen LogP contribution < -0.4 is 9.47 Å². The summed E-state index contributed by atoms with van der Waals surface area (Å²) in [5, 5.41) is 0. The van der Waals surface area contributed by atoms with E-state index in [9.17, 15) is 4.79 Å². The first kappa shape index (κ1) is 13.7. The van der Waals surface area contributed by atoms with Crippen molar-refractivity contribution in [2.24, 2.45) is 0 Å². The molecule has 0 atom stereocenters. The van der Waals surface area contributed by atoms with Crippen LogP contribution in [0.25, 0.3) is 0 Å². The third kappa shape index (κ3) is 3.40. The Kier molecular flexibility index (Phi) is 4.30. The Hall–Kier alpha value is -1.71. The molecular weight excluding hydrogens is 244 g/mol. The maximum Gasteiger partial charge on any atom is 0.309 e. The first-order valence-corrected chi connectivity index (χ1v) is 6.66. The van der Waals surface area contributed by atoms with Crippen molar-refractivity contribution in [2.45, 2.75) is 38.2 Å². The second-order valence-electron chi connectivity index (χ2n) is 4.80. The van der Waals surface area contributed by atoms with Gasteiger partial charge in [0.05, 0.1) is 20.1 Å². The minimum Gasteiger partial charge on any atom is -0.494 e. The van der Waals surface area contributed by atoms with E-state index >= 15 is 0 Å². The maximum atomic E-state index is 11.4. The first-order valence-electron chi connectivity index (χ1n) is 6.66. The summed E-state index contributed by atoms with van der Waals surface area (Å²) in [5.74, 6) is 1.38. The summed E-state index contributed by atoms with van der Waals surface area (Å²) in [6, 6.07) is 7.51. The Bertz CT molecular complexity index is 420. The fraction of sp³-hybridized carbons (Fsp3) is 0.533. The van der Waals surface area contributed by atoms with Gasteiger partial charge in [-0.25, -0.2) is 0 Å². The normalized spacial score (nSPS) is 16.3. The molecule has 0 unspecified atom stereocenters. The average Bonchev–Trinajstić information content (AvgIpc) is 2.38. The van der Waals surface area contributed by atoms with Crippen LogP contribution in [-0.4, -0.2) is 25.3 Å². The quantitative estimate of drug-likeness (QED) is 0.741. The standard InChI is InChI=1S/C15H20O4/c1-3-18-12-5-7-13(8-6-12)19-15(9-4-10-15)11-14(16)17-2/h5-8H,3-4,9-11H2,1-2H3. The van der Waals surface area contributed by atoms with Gasteiger partial charge >= 0.3 is 5.97 Å². The molecule has 0 saturated heterocycles. The van der Waals surface area contributed by atoms with Crippen molar-refractivity contribution in [1.82, 2.24) is 0 Å². The van der Waals surface area contributed by atoms with Gasteiger partial charge in [-0.3, -0.25) is 4.79 Å². The Morgan fingerprint density at radius 2 is 1.84 bits per heavy atom. The van der Waals surface area contributed by atoms with Crippen molar-refractivity contribution >= 4 is 5.97 Å². The molecule has 1 saturated carbocycles. The number of esters is 1. The largest absolute Gasteiger partial charge is 0.494 e. The van der Waals surface area contributed by atoms with Crippen LogP contribution in [0.3, 0.4) is 0 Å². The monoisotopic (exact) mass is 264 g/mol. The summed E-state index contributed by atoms with van der Waals surface area (Å²) in [6.07, 6.45) is 3.20. The van der Waals surface area contributed by atoms with Gasteiger partial charge in [-0.15, -0.1) is 0 Å². The predicted octanol–water partition coefficient (Wildman–Crippen LogP) is 2.95. The first-order chi connectivity index (χ1) is 9.17. The highest BCUT2D eigenvalue weighted by Crippen LogP contribution is 2.39. The zero-order valence-corrected chi connectivity index (χ0v) is 11.5. The minimum atomic E-state index is -0.375. The molecule has 1 aromatic rings. The molecule has 1 aliphatic carbocycles. The average molecular weight is 264 g/mol. The summed E-state index contributed by atoms with van der Waals surface area (Å²) in [4.78, 5) is 11.4. The number of benzene rings is 1. The number of carbonyl (C=O) groups excluding carboxylic acids is 1. The highest BCUT2D eigenvalue weighted by atomic mass is 16.5. The molecule has 0 N–H and O–H groups in total. The third-order valence-corrected chi connectivity index (χ3v) is 3.43. The van der Waals surface area contributed by atoms with Crippen LogP contribution in [0.4, 0.5) is 0 Å².